The highest BCUT2D eigenvalue weighted by molar-refractivity contribution is 5.82. The lowest BCUT2D eigenvalue weighted by Gasteiger charge is -2.33. The Balaban J connectivity index is 1.26. The van der Waals surface area contributed by atoms with Crippen LogP contribution in [-0.4, -0.2) is 46.8 Å². The zero-order chi connectivity index (χ0) is 25.6. The molecule has 4 aromatic rings. The Hall–Kier alpha value is -4.27. The van der Waals surface area contributed by atoms with E-state index < -0.39 is 5.97 Å². The lowest BCUT2D eigenvalue weighted by molar-refractivity contribution is -0.136. The van der Waals surface area contributed by atoms with E-state index in [1.807, 2.05) is 55.5 Å². The van der Waals surface area contributed by atoms with Crippen molar-refractivity contribution in [3.8, 4) is 11.5 Å². The molecule has 3 heterocycles. The molecule has 0 spiro atoms. The molecular formula is C28H30N4O5. The fraction of sp³-hybridized carbons (Fsp3) is 0.321. The summed E-state index contributed by atoms with van der Waals surface area (Å²) in [4.78, 5) is 22.2. The highest BCUT2D eigenvalue weighted by Gasteiger charge is 2.24. The van der Waals surface area contributed by atoms with E-state index >= 15 is 0 Å². The summed E-state index contributed by atoms with van der Waals surface area (Å²) in [5.41, 5.74) is 1.61. The van der Waals surface area contributed by atoms with E-state index in [4.69, 9.17) is 24.0 Å². The molecule has 9 nitrogen and oxygen atoms in total. The number of anilines is 3. The summed E-state index contributed by atoms with van der Waals surface area (Å²) in [5.74, 6) is 2.59. The molecular weight excluding hydrogens is 472 g/mol. The van der Waals surface area contributed by atoms with Crippen molar-refractivity contribution >= 4 is 34.5 Å². The van der Waals surface area contributed by atoms with E-state index in [9.17, 15) is 4.79 Å². The number of benzene rings is 2. The number of carbonyl (C=O) groups is 1. The minimum atomic E-state index is -0.817. The number of furan rings is 1. The van der Waals surface area contributed by atoms with Gasteiger partial charge in [-0.25, -0.2) is 4.98 Å². The van der Waals surface area contributed by atoms with E-state index in [1.54, 1.807) is 12.4 Å². The third-order valence-electron chi connectivity index (χ3n) is 6.23. The second-order valence-corrected chi connectivity index (χ2v) is 8.97. The van der Waals surface area contributed by atoms with Gasteiger partial charge in [0.25, 0.3) is 0 Å². The number of piperidine rings is 1. The standard InChI is InChI=1S/C28H30N4O5/c1-2-35-22-7-3-4-8-23(22)36-21-6-5-13-32(18-21)26-17-29-16-25(30-26)31-27-15-20-11-9-19(10-12-28(33)34)14-24(20)37-27/h3-4,7-9,11,14-17,21H,2,5-6,10,12-13,18H2,1H3,(H,30,31)(H,33,34)/t21-/m1/s1. The summed E-state index contributed by atoms with van der Waals surface area (Å²) in [6.45, 7) is 4.12. The van der Waals surface area contributed by atoms with Crippen LogP contribution < -0.4 is 19.7 Å². The zero-order valence-electron chi connectivity index (χ0n) is 20.7. The predicted molar refractivity (Wildman–Crippen MR) is 141 cm³/mol. The van der Waals surface area contributed by atoms with E-state index in [1.165, 1.54) is 0 Å². The second-order valence-electron chi connectivity index (χ2n) is 8.97. The monoisotopic (exact) mass is 502 g/mol. The van der Waals surface area contributed by atoms with Gasteiger partial charge in [0, 0.05) is 24.4 Å². The largest absolute Gasteiger partial charge is 0.490 e. The highest BCUT2D eigenvalue weighted by Crippen LogP contribution is 2.31. The molecule has 0 unspecified atom stereocenters. The van der Waals surface area contributed by atoms with Gasteiger partial charge in [-0.1, -0.05) is 24.3 Å². The quantitative estimate of drug-likeness (QED) is 0.293. The number of aryl methyl sites for hydroxylation is 1. The molecule has 2 N–H and O–H groups in total. The summed E-state index contributed by atoms with van der Waals surface area (Å²) >= 11 is 0. The molecule has 37 heavy (non-hydrogen) atoms. The maximum absolute atomic E-state index is 10.9. The van der Waals surface area contributed by atoms with Crippen LogP contribution in [-0.2, 0) is 11.2 Å². The number of hydrogen-bond acceptors (Lipinski definition) is 8. The van der Waals surface area contributed by atoms with Crippen molar-refractivity contribution in [2.75, 3.05) is 29.9 Å². The molecule has 9 heteroatoms. The van der Waals surface area contributed by atoms with Crippen molar-refractivity contribution in [3.63, 3.8) is 0 Å². The van der Waals surface area contributed by atoms with E-state index in [2.05, 4.69) is 15.2 Å². The van der Waals surface area contributed by atoms with Crippen molar-refractivity contribution < 1.29 is 23.8 Å². The number of carboxylic acid groups (broad SMARTS) is 1. The minimum absolute atomic E-state index is 0.0134. The number of aromatic nitrogens is 2. The zero-order valence-corrected chi connectivity index (χ0v) is 20.7. The number of rotatable bonds is 10. The Labute approximate surface area is 215 Å². The third kappa shape index (κ3) is 6.11. The number of nitrogens with zero attached hydrogens (tertiary/aromatic N) is 3. The number of fused-ring (bicyclic) bond motifs is 1. The summed E-state index contributed by atoms with van der Waals surface area (Å²) in [7, 11) is 0. The maximum atomic E-state index is 10.9. The molecule has 0 saturated carbocycles. The van der Waals surface area contributed by atoms with E-state index in [0.717, 1.165) is 47.7 Å². The first kappa shape index (κ1) is 24.4. The van der Waals surface area contributed by atoms with Gasteiger partial charge in [-0.2, -0.15) is 0 Å². The van der Waals surface area contributed by atoms with Gasteiger partial charge in [-0.15, -0.1) is 0 Å². The summed E-state index contributed by atoms with van der Waals surface area (Å²) in [5, 5.41) is 13.1. The Morgan fingerprint density at radius 1 is 1.19 bits per heavy atom. The van der Waals surface area contributed by atoms with Gasteiger partial charge in [0.15, 0.2) is 23.2 Å². The molecule has 0 aliphatic carbocycles. The SMILES string of the molecule is CCOc1ccccc1O[C@@H]1CCCN(c2cncc(Nc3cc4ccc(CCC(=O)O)cc4o3)n2)C1. The number of carboxylic acids is 1. The molecule has 1 saturated heterocycles. The van der Waals surface area contributed by atoms with Crippen LogP contribution in [0, 0.1) is 0 Å². The Morgan fingerprint density at radius 3 is 2.89 bits per heavy atom. The lowest BCUT2D eigenvalue weighted by atomic mass is 10.1. The van der Waals surface area contributed by atoms with Crippen LogP contribution in [0.25, 0.3) is 11.0 Å². The average Bonchev–Trinajstić information content (AvgIpc) is 3.30. The molecule has 1 atom stereocenters. The van der Waals surface area contributed by atoms with Gasteiger partial charge < -0.3 is 29.2 Å². The van der Waals surface area contributed by atoms with Crippen LogP contribution in [0.3, 0.4) is 0 Å². The molecule has 1 fully saturated rings. The first-order chi connectivity index (χ1) is 18.1. The molecule has 0 bridgehead atoms. The molecule has 1 aliphatic rings. The molecule has 2 aromatic heterocycles. The maximum Gasteiger partial charge on any atom is 0.303 e. The summed E-state index contributed by atoms with van der Waals surface area (Å²) in [6.07, 6.45) is 5.91. The van der Waals surface area contributed by atoms with Crippen LogP contribution in [0.15, 0.2) is 65.3 Å². The third-order valence-corrected chi connectivity index (χ3v) is 6.23. The number of nitrogens with one attached hydrogen (secondary N) is 1. The van der Waals surface area contributed by atoms with Crippen molar-refractivity contribution in [1.29, 1.82) is 0 Å². The van der Waals surface area contributed by atoms with Gasteiger partial charge in [0.1, 0.15) is 17.5 Å². The van der Waals surface area contributed by atoms with Gasteiger partial charge in [-0.05, 0) is 49.9 Å². The molecule has 2 aromatic carbocycles. The predicted octanol–water partition coefficient (Wildman–Crippen LogP) is 5.43. The minimum Gasteiger partial charge on any atom is -0.490 e. The highest BCUT2D eigenvalue weighted by atomic mass is 16.5. The topological polar surface area (TPSA) is 110 Å². The Bertz CT molecular complexity index is 1370. The summed E-state index contributed by atoms with van der Waals surface area (Å²) < 4.78 is 18.0. The van der Waals surface area contributed by atoms with Gasteiger partial charge in [0.05, 0.1) is 25.5 Å². The van der Waals surface area contributed by atoms with Crippen LogP contribution in [0.4, 0.5) is 17.5 Å². The van der Waals surface area contributed by atoms with Crippen molar-refractivity contribution in [2.45, 2.75) is 38.7 Å². The fourth-order valence-electron chi connectivity index (χ4n) is 4.48. The smallest absolute Gasteiger partial charge is 0.303 e. The van der Waals surface area contributed by atoms with Gasteiger partial charge in [-0.3, -0.25) is 9.78 Å². The summed E-state index contributed by atoms with van der Waals surface area (Å²) in [6, 6.07) is 15.4. The number of aliphatic carboxylic acids is 1. The van der Waals surface area contributed by atoms with E-state index in [-0.39, 0.29) is 12.5 Å². The normalized spacial score (nSPS) is 15.5. The van der Waals surface area contributed by atoms with Gasteiger partial charge >= 0.3 is 5.97 Å². The van der Waals surface area contributed by atoms with Crippen molar-refractivity contribution in [2.24, 2.45) is 0 Å². The van der Waals surface area contributed by atoms with Crippen LogP contribution in [0.5, 0.6) is 11.5 Å². The first-order valence-electron chi connectivity index (χ1n) is 12.5. The molecule has 0 amide bonds. The van der Waals surface area contributed by atoms with Crippen LogP contribution in [0.1, 0.15) is 31.7 Å². The Morgan fingerprint density at radius 2 is 2.05 bits per heavy atom. The molecule has 192 valence electrons. The van der Waals surface area contributed by atoms with Crippen LogP contribution in [0.2, 0.25) is 0 Å². The lowest BCUT2D eigenvalue weighted by Crippen LogP contribution is -2.41. The van der Waals surface area contributed by atoms with Crippen molar-refractivity contribution in [1.82, 2.24) is 9.97 Å². The number of ether oxygens (including phenoxy) is 2. The van der Waals surface area contributed by atoms with E-state index in [0.29, 0.717) is 36.9 Å². The van der Waals surface area contributed by atoms with Gasteiger partial charge in [0.2, 0.25) is 0 Å². The molecule has 5 rings (SSSR count). The molecule has 0 radical (unpaired) electrons. The average molecular weight is 503 g/mol. The number of para-hydroxylation sites is 2. The number of hydrogen-bond donors (Lipinski definition) is 2. The molecule has 1 aliphatic heterocycles. The fourth-order valence-corrected chi connectivity index (χ4v) is 4.48. The first-order valence-corrected chi connectivity index (χ1v) is 12.5. The van der Waals surface area contributed by atoms with Crippen molar-refractivity contribution in [3.05, 3.63) is 66.5 Å². The van der Waals surface area contributed by atoms with Crippen LogP contribution >= 0.6 is 0 Å². The Kier molecular flexibility index (Phi) is 7.39. The second kappa shape index (κ2) is 11.2.